The summed E-state index contributed by atoms with van der Waals surface area (Å²) in [4.78, 5) is 19.5. The van der Waals surface area contributed by atoms with E-state index in [1.165, 1.54) is 23.1 Å². The number of aliphatic imine (C=N–C) groups is 1. The zero-order valence-corrected chi connectivity index (χ0v) is 17.0. The minimum atomic E-state index is -0.560. The average molecular weight is 409 g/mol. The standard InChI is InChI=1S/C20H29F2N5O2/c1-26(2)18(28)11-24-20(23-10-14-7-9-29-13-14)25-15-6-8-27(12-15)19-16(21)4-3-5-17(19)22/h3-5,14-15H,6-13H2,1-2H3,(H2,23,24,25). The van der Waals surface area contributed by atoms with E-state index in [2.05, 4.69) is 15.6 Å². The van der Waals surface area contributed by atoms with Crippen molar-refractivity contribution in [3.8, 4) is 0 Å². The Balaban J connectivity index is 1.62. The first-order chi connectivity index (χ1) is 13.9. The zero-order valence-electron chi connectivity index (χ0n) is 17.0. The van der Waals surface area contributed by atoms with Crippen LogP contribution in [0.5, 0.6) is 0 Å². The molecule has 3 rings (SSSR count). The Morgan fingerprint density at radius 1 is 1.31 bits per heavy atom. The molecule has 2 atom stereocenters. The van der Waals surface area contributed by atoms with Crippen molar-refractivity contribution in [1.29, 1.82) is 0 Å². The molecule has 2 unspecified atom stereocenters. The third-order valence-corrected chi connectivity index (χ3v) is 5.24. The van der Waals surface area contributed by atoms with Crippen molar-refractivity contribution >= 4 is 17.6 Å². The van der Waals surface area contributed by atoms with Crippen molar-refractivity contribution in [3.05, 3.63) is 29.8 Å². The topological polar surface area (TPSA) is 69.2 Å². The van der Waals surface area contributed by atoms with Crippen molar-refractivity contribution < 1.29 is 18.3 Å². The van der Waals surface area contributed by atoms with Gasteiger partial charge in [0.25, 0.3) is 0 Å². The molecule has 2 N–H and O–H groups in total. The molecular weight excluding hydrogens is 380 g/mol. The lowest BCUT2D eigenvalue weighted by molar-refractivity contribution is -0.127. The zero-order chi connectivity index (χ0) is 20.8. The number of anilines is 1. The second kappa shape index (κ2) is 9.87. The first kappa shape index (κ1) is 21.3. The van der Waals surface area contributed by atoms with Gasteiger partial charge in [-0.25, -0.2) is 13.8 Å². The maximum Gasteiger partial charge on any atom is 0.243 e. The minimum Gasteiger partial charge on any atom is -0.381 e. The Kier molecular flexibility index (Phi) is 7.24. The molecule has 2 aliphatic heterocycles. The molecule has 0 aliphatic carbocycles. The highest BCUT2D eigenvalue weighted by molar-refractivity contribution is 5.85. The smallest absolute Gasteiger partial charge is 0.243 e. The summed E-state index contributed by atoms with van der Waals surface area (Å²) in [5.41, 5.74) is 0.00846. The van der Waals surface area contributed by atoms with Gasteiger partial charge in [-0.05, 0) is 25.0 Å². The van der Waals surface area contributed by atoms with Gasteiger partial charge in [0, 0.05) is 52.3 Å². The van der Waals surface area contributed by atoms with Gasteiger partial charge < -0.3 is 25.2 Å². The number of ether oxygens (including phenoxy) is 1. The molecular formula is C20H29F2N5O2. The number of para-hydroxylation sites is 1. The van der Waals surface area contributed by atoms with E-state index in [0.717, 1.165) is 13.0 Å². The van der Waals surface area contributed by atoms with E-state index in [-0.39, 0.29) is 24.2 Å². The molecule has 2 fully saturated rings. The lowest BCUT2D eigenvalue weighted by Gasteiger charge is -2.22. The predicted octanol–water partition coefficient (Wildman–Crippen LogP) is 1.20. The highest BCUT2D eigenvalue weighted by Crippen LogP contribution is 2.26. The minimum absolute atomic E-state index is 0.00846. The summed E-state index contributed by atoms with van der Waals surface area (Å²) in [5, 5.41) is 6.60. The van der Waals surface area contributed by atoms with E-state index in [1.54, 1.807) is 19.0 Å². The van der Waals surface area contributed by atoms with E-state index in [9.17, 15) is 13.6 Å². The van der Waals surface area contributed by atoms with Gasteiger partial charge in [-0.15, -0.1) is 0 Å². The summed E-state index contributed by atoms with van der Waals surface area (Å²) in [6, 6.07) is 3.87. The summed E-state index contributed by atoms with van der Waals surface area (Å²) < 4.78 is 33.6. The van der Waals surface area contributed by atoms with Gasteiger partial charge >= 0.3 is 0 Å². The van der Waals surface area contributed by atoms with E-state index < -0.39 is 11.6 Å². The summed E-state index contributed by atoms with van der Waals surface area (Å²) in [7, 11) is 3.37. The number of rotatable bonds is 6. The maximum absolute atomic E-state index is 14.1. The first-order valence-corrected chi connectivity index (χ1v) is 9.95. The first-order valence-electron chi connectivity index (χ1n) is 9.95. The van der Waals surface area contributed by atoms with E-state index in [4.69, 9.17) is 4.74 Å². The van der Waals surface area contributed by atoms with Crippen LogP contribution in [0.25, 0.3) is 0 Å². The number of likely N-dealkylation sites (N-methyl/N-ethyl adjacent to an activating group) is 1. The summed E-state index contributed by atoms with van der Waals surface area (Å²) in [6.45, 7) is 3.18. The van der Waals surface area contributed by atoms with Crippen LogP contribution in [0.4, 0.5) is 14.5 Å². The highest BCUT2D eigenvalue weighted by atomic mass is 19.1. The monoisotopic (exact) mass is 409 g/mol. The van der Waals surface area contributed by atoms with Crippen LogP contribution in [0.1, 0.15) is 12.8 Å². The lowest BCUT2D eigenvalue weighted by Crippen LogP contribution is -2.46. The van der Waals surface area contributed by atoms with Gasteiger partial charge in [-0.2, -0.15) is 0 Å². The number of carbonyl (C=O) groups excluding carboxylic acids is 1. The Labute approximate surface area is 170 Å². The van der Waals surface area contributed by atoms with Gasteiger partial charge in [0.2, 0.25) is 5.91 Å². The molecule has 1 aromatic rings. The van der Waals surface area contributed by atoms with Gasteiger partial charge in [-0.1, -0.05) is 6.07 Å². The summed E-state index contributed by atoms with van der Waals surface area (Å²) >= 11 is 0. The largest absolute Gasteiger partial charge is 0.381 e. The Bertz CT molecular complexity index is 717. The van der Waals surface area contributed by atoms with Crippen molar-refractivity contribution in [2.75, 3.05) is 58.4 Å². The molecule has 2 heterocycles. The number of hydrogen-bond donors (Lipinski definition) is 2. The van der Waals surface area contributed by atoms with Crippen LogP contribution >= 0.6 is 0 Å². The number of guanidine groups is 1. The van der Waals surface area contributed by atoms with Crippen molar-refractivity contribution in [3.63, 3.8) is 0 Å². The van der Waals surface area contributed by atoms with Crippen LogP contribution in [-0.4, -0.2) is 76.3 Å². The molecule has 7 nitrogen and oxygen atoms in total. The molecule has 1 aromatic carbocycles. The van der Waals surface area contributed by atoms with Crippen LogP contribution < -0.4 is 15.5 Å². The molecule has 0 aromatic heterocycles. The van der Waals surface area contributed by atoms with E-state index in [0.29, 0.717) is 44.5 Å². The Hall–Kier alpha value is -2.42. The number of hydrogen-bond acceptors (Lipinski definition) is 4. The van der Waals surface area contributed by atoms with Crippen LogP contribution in [0.2, 0.25) is 0 Å². The fourth-order valence-corrected chi connectivity index (χ4v) is 3.49. The SMILES string of the molecule is CN(C)C(=O)CN=C(NCC1CCOC1)NC1CCN(c2c(F)cccc2F)C1. The normalized spacial score (nSPS) is 22.1. The van der Waals surface area contributed by atoms with Gasteiger partial charge in [0.15, 0.2) is 5.96 Å². The van der Waals surface area contributed by atoms with Crippen molar-refractivity contribution in [2.24, 2.45) is 10.9 Å². The van der Waals surface area contributed by atoms with Crippen molar-refractivity contribution in [2.45, 2.75) is 18.9 Å². The number of nitrogens with zero attached hydrogens (tertiary/aromatic N) is 3. The number of nitrogens with one attached hydrogen (secondary N) is 2. The molecule has 0 bridgehead atoms. The van der Waals surface area contributed by atoms with Crippen LogP contribution in [0.15, 0.2) is 23.2 Å². The van der Waals surface area contributed by atoms with Crippen LogP contribution in [0, 0.1) is 17.6 Å². The molecule has 1 amide bonds. The molecule has 2 saturated heterocycles. The molecule has 160 valence electrons. The average Bonchev–Trinajstić information content (AvgIpc) is 3.35. The fraction of sp³-hybridized carbons (Fsp3) is 0.600. The highest BCUT2D eigenvalue weighted by Gasteiger charge is 2.27. The second-order valence-electron chi connectivity index (χ2n) is 7.71. The Morgan fingerprint density at radius 3 is 2.72 bits per heavy atom. The third-order valence-electron chi connectivity index (χ3n) is 5.24. The van der Waals surface area contributed by atoms with Crippen molar-refractivity contribution in [1.82, 2.24) is 15.5 Å². The lowest BCUT2D eigenvalue weighted by atomic mass is 10.1. The molecule has 0 saturated carbocycles. The molecule has 0 radical (unpaired) electrons. The molecule has 9 heteroatoms. The third kappa shape index (κ3) is 5.79. The number of amides is 1. The maximum atomic E-state index is 14.1. The predicted molar refractivity (Wildman–Crippen MR) is 108 cm³/mol. The van der Waals surface area contributed by atoms with Gasteiger partial charge in [0.1, 0.15) is 23.9 Å². The van der Waals surface area contributed by atoms with Crippen LogP contribution in [-0.2, 0) is 9.53 Å². The van der Waals surface area contributed by atoms with Gasteiger partial charge in [0.05, 0.1) is 6.61 Å². The number of carbonyl (C=O) groups is 1. The van der Waals surface area contributed by atoms with Crippen LogP contribution in [0.3, 0.4) is 0 Å². The Morgan fingerprint density at radius 2 is 2.07 bits per heavy atom. The molecule has 0 spiro atoms. The summed E-state index contributed by atoms with van der Waals surface area (Å²) in [5.74, 6) is -0.283. The second-order valence-corrected chi connectivity index (χ2v) is 7.71. The molecule has 2 aliphatic rings. The molecule has 29 heavy (non-hydrogen) atoms. The van der Waals surface area contributed by atoms with E-state index in [1.807, 2.05) is 0 Å². The number of benzene rings is 1. The van der Waals surface area contributed by atoms with Gasteiger partial charge in [-0.3, -0.25) is 4.79 Å². The van der Waals surface area contributed by atoms with E-state index >= 15 is 0 Å². The number of halogens is 2. The summed E-state index contributed by atoms with van der Waals surface area (Å²) in [6.07, 6.45) is 1.70. The fourth-order valence-electron chi connectivity index (χ4n) is 3.49. The quantitative estimate of drug-likeness (QED) is 0.546.